The minimum atomic E-state index is -0.254. The van der Waals surface area contributed by atoms with Gasteiger partial charge in [0.05, 0.1) is 6.61 Å². The number of hydrogen-bond acceptors (Lipinski definition) is 2. The third-order valence-corrected chi connectivity index (χ3v) is 3.33. The summed E-state index contributed by atoms with van der Waals surface area (Å²) in [4.78, 5) is 0. The van der Waals surface area contributed by atoms with Crippen molar-refractivity contribution in [3.63, 3.8) is 0 Å². The van der Waals surface area contributed by atoms with Crippen LogP contribution in [-0.2, 0) is 6.54 Å². The number of rotatable bonds is 5. The average molecular weight is 237 g/mol. The highest BCUT2D eigenvalue weighted by Gasteiger charge is 2.16. The molecule has 0 bridgehead atoms. The van der Waals surface area contributed by atoms with E-state index in [1.165, 1.54) is 25.7 Å². The lowest BCUT2D eigenvalue weighted by Crippen LogP contribution is -2.09. The molecule has 0 heterocycles. The molecule has 3 heteroatoms. The van der Waals surface area contributed by atoms with Crippen molar-refractivity contribution in [2.24, 2.45) is 5.92 Å². The van der Waals surface area contributed by atoms with Gasteiger partial charge < -0.3 is 10.1 Å². The second-order valence-corrected chi connectivity index (χ2v) is 4.76. The minimum absolute atomic E-state index is 0.254. The molecule has 0 amide bonds. The monoisotopic (exact) mass is 237 g/mol. The Labute approximate surface area is 102 Å². The van der Waals surface area contributed by atoms with Gasteiger partial charge in [0.15, 0.2) is 11.6 Å². The van der Waals surface area contributed by atoms with Crippen LogP contribution in [0, 0.1) is 11.7 Å². The van der Waals surface area contributed by atoms with E-state index < -0.39 is 0 Å². The van der Waals surface area contributed by atoms with E-state index in [-0.39, 0.29) is 5.82 Å². The largest absolute Gasteiger partial charge is 0.490 e. The highest BCUT2D eigenvalue weighted by atomic mass is 19.1. The smallest absolute Gasteiger partial charge is 0.165 e. The highest BCUT2D eigenvalue weighted by molar-refractivity contribution is 5.29. The molecule has 1 saturated carbocycles. The summed E-state index contributed by atoms with van der Waals surface area (Å²) in [6.07, 6.45) is 5.02. The molecule has 2 nitrogen and oxygen atoms in total. The zero-order valence-electron chi connectivity index (χ0n) is 10.3. The summed E-state index contributed by atoms with van der Waals surface area (Å²) in [5.41, 5.74) is 0.943. The molecular formula is C14H20FNO. The van der Waals surface area contributed by atoms with E-state index in [2.05, 4.69) is 5.32 Å². The van der Waals surface area contributed by atoms with Crippen LogP contribution >= 0.6 is 0 Å². The second kappa shape index (κ2) is 6.01. The Bertz CT molecular complexity index is 361. The van der Waals surface area contributed by atoms with Gasteiger partial charge in [0.25, 0.3) is 0 Å². The predicted octanol–water partition coefficient (Wildman–Crippen LogP) is 3.11. The number of benzene rings is 1. The topological polar surface area (TPSA) is 21.3 Å². The summed E-state index contributed by atoms with van der Waals surface area (Å²) in [6.45, 7) is 1.34. The second-order valence-electron chi connectivity index (χ2n) is 4.76. The molecular weight excluding hydrogens is 217 g/mol. The van der Waals surface area contributed by atoms with Crippen molar-refractivity contribution in [1.82, 2.24) is 5.32 Å². The van der Waals surface area contributed by atoms with E-state index in [1.54, 1.807) is 12.1 Å². The van der Waals surface area contributed by atoms with Gasteiger partial charge in [-0.25, -0.2) is 4.39 Å². The molecule has 1 fully saturated rings. The molecule has 0 aliphatic heterocycles. The van der Waals surface area contributed by atoms with Crippen molar-refractivity contribution in [1.29, 1.82) is 0 Å². The van der Waals surface area contributed by atoms with Crippen molar-refractivity contribution in [2.75, 3.05) is 13.7 Å². The highest BCUT2D eigenvalue weighted by Crippen LogP contribution is 2.26. The summed E-state index contributed by atoms with van der Waals surface area (Å²) in [6, 6.07) is 5.18. The molecule has 1 aromatic carbocycles. The van der Waals surface area contributed by atoms with Crippen LogP contribution in [0.2, 0.25) is 0 Å². The quantitative estimate of drug-likeness (QED) is 0.849. The van der Waals surface area contributed by atoms with Gasteiger partial charge in [0, 0.05) is 6.54 Å². The lowest BCUT2D eigenvalue weighted by Gasteiger charge is -2.12. The molecule has 0 aromatic heterocycles. The third kappa shape index (κ3) is 3.43. The molecule has 2 rings (SSSR count). The first-order valence-electron chi connectivity index (χ1n) is 6.35. The number of nitrogens with one attached hydrogen (secondary N) is 1. The molecule has 0 unspecified atom stereocenters. The Morgan fingerprint density at radius 2 is 2.12 bits per heavy atom. The van der Waals surface area contributed by atoms with Gasteiger partial charge >= 0.3 is 0 Å². The summed E-state index contributed by atoms with van der Waals surface area (Å²) in [5, 5.41) is 3.00. The van der Waals surface area contributed by atoms with Crippen LogP contribution in [0.4, 0.5) is 4.39 Å². The van der Waals surface area contributed by atoms with E-state index in [0.717, 1.165) is 5.56 Å². The van der Waals surface area contributed by atoms with E-state index in [4.69, 9.17) is 4.74 Å². The van der Waals surface area contributed by atoms with E-state index in [1.807, 2.05) is 13.1 Å². The fourth-order valence-corrected chi connectivity index (χ4v) is 2.36. The summed E-state index contributed by atoms with van der Waals surface area (Å²) in [7, 11) is 1.85. The minimum Gasteiger partial charge on any atom is -0.490 e. The Hall–Kier alpha value is -1.09. The molecule has 1 aliphatic rings. The standard InChI is InChI=1S/C14H20FNO/c1-16-9-12-6-7-14(13(15)8-12)17-10-11-4-2-3-5-11/h6-8,11,16H,2-5,9-10H2,1H3. The van der Waals surface area contributed by atoms with Gasteiger partial charge in [0.1, 0.15) is 0 Å². The fraction of sp³-hybridized carbons (Fsp3) is 0.571. The molecule has 1 aliphatic carbocycles. The summed E-state index contributed by atoms with van der Waals surface area (Å²) < 4.78 is 19.3. The molecule has 0 atom stereocenters. The van der Waals surface area contributed by atoms with E-state index in [9.17, 15) is 4.39 Å². The Morgan fingerprint density at radius 1 is 1.35 bits per heavy atom. The zero-order chi connectivity index (χ0) is 12.1. The van der Waals surface area contributed by atoms with Gasteiger partial charge in [-0.1, -0.05) is 18.9 Å². The maximum atomic E-state index is 13.7. The lowest BCUT2D eigenvalue weighted by molar-refractivity contribution is 0.242. The lowest BCUT2D eigenvalue weighted by atomic mass is 10.1. The molecule has 17 heavy (non-hydrogen) atoms. The first-order chi connectivity index (χ1) is 8.29. The summed E-state index contributed by atoms with van der Waals surface area (Å²) in [5.74, 6) is 0.749. The Kier molecular flexibility index (Phi) is 4.37. The van der Waals surface area contributed by atoms with Crippen LogP contribution in [0.15, 0.2) is 18.2 Å². The van der Waals surface area contributed by atoms with E-state index in [0.29, 0.717) is 24.8 Å². The normalized spacial score (nSPS) is 16.4. The molecule has 1 N–H and O–H groups in total. The van der Waals surface area contributed by atoms with Crippen molar-refractivity contribution in [3.8, 4) is 5.75 Å². The first-order valence-corrected chi connectivity index (χ1v) is 6.35. The van der Waals surface area contributed by atoms with Gasteiger partial charge in [0.2, 0.25) is 0 Å². The van der Waals surface area contributed by atoms with Gasteiger partial charge in [-0.15, -0.1) is 0 Å². The SMILES string of the molecule is CNCc1ccc(OCC2CCCC2)c(F)c1. The Balaban J connectivity index is 1.91. The van der Waals surface area contributed by atoms with E-state index >= 15 is 0 Å². The maximum absolute atomic E-state index is 13.7. The molecule has 0 saturated heterocycles. The van der Waals surface area contributed by atoms with Crippen LogP contribution in [0.1, 0.15) is 31.2 Å². The van der Waals surface area contributed by atoms with Gasteiger partial charge in [-0.2, -0.15) is 0 Å². The van der Waals surface area contributed by atoms with Crippen LogP contribution in [0.3, 0.4) is 0 Å². The van der Waals surface area contributed by atoms with Crippen LogP contribution in [0.5, 0.6) is 5.75 Å². The average Bonchev–Trinajstić information content (AvgIpc) is 2.81. The summed E-state index contributed by atoms with van der Waals surface area (Å²) >= 11 is 0. The third-order valence-electron chi connectivity index (χ3n) is 3.33. The van der Waals surface area contributed by atoms with Crippen LogP contribution in [-0.4, -0.2) is 13.7 Å². The Morgan fingerprint density at radius 3 is 2.76 bits per heavy atom. The van der Waals surface area contributed by atoms with Gasteiger partial charge in [-0.05, 0) is 43.5 Å². The van der Waals surface area contributed by atoms with Crippen molar-refractivity contribution in [3.05, 3.63) is 29.6 Å². The maximum Gasteiger partial charge on any atom is 0.165 e. The van der Waals surface area contributed by atoms with Crippen molar-refractivity contribution < 1.29 is 9.13 Å². The first kappa shape index (κ1) is 12.4. The molecule has 0 spiro atoms. The van der Waals surface area contributed by atoms with Crippen molar-refractivity contribution in [2.45, 2.75) is 32.2 Å². The zero-order valence-corrected chi connectivity index (χ0v) is 10.3. The number of halogens is 1. The predicted molar refractivity (Wildman–Crippen MR) is 66.6 cm³/mol. The van der Waals surface area contributed by atoms with Gasteiger partial charge in [-0.3, -0.25) is 0 Å². The van der Waals surface area contributed by atoms with Crippen LogP contribution in [0.25, 0.3) is 0 Å². The van der Waals surface area contributed by atoms with Crippen molar-refractivity contribution >= 4 is 0 Å². The number of hydrogen-bond donors (Lipinski definition) is 1. The van der Waals surface area contributed by atoms with Crippen LogP contribution < -0.4 is 10.1 Å². The fourth-order valence-electron chi connectivity index (χ4n) is 2.36. The molecule has 1 aromatic rings. The molecule has 94 valence electrons. The molecule has 0 radical (unpaired) electrons. The number of ether oxygens (including phenoxy) is 1.